The molecule has 0 fully saturated rings. The van der Waals surface area contributed by atoms with Crippen LogP contribution in [0.2, 0.25) is 0 Å². The van der Waals surface area contributed by atoms with Crippen LogP contribution in [0.4, 0.5) is 5.69 Å². The predicted octanol–water partition coefficient (Wildman–Crippen LogP) is 2.69. The Bertz CT molecular complexity index is 621. The Balaban J connectivity index is 2.16. The van der Waals surface area contributed by atoms with Gasteiger partial charge in [-0.05, 0) is 25.5 Å². The maximum Gasteiger partial charge on any atom is 0.245 e. The molecule has 4 heteroatoms. The first-order valence-corrected chi connectivity index (χ1v) is 6.89. The number of hydrogen-bond acceptors (Lipinski definition) is 3. The van der Waals surface area contributed by atoms with Crippen molar-refractivity contribution in [1.82, 2.24) is 0 Å². The minimum absolute atomic E-state index is 0.299. The molecule has 21 heavy (non-hydrogen) atoms. The van der Waals surface area contributed by atoms with E-state index < -0.39 is 12.1 Å². The van der Waals surface area contributed by atoms with E-state index in [1.54, 1.807) is 25.1 Å². The summed E-state index contributed by atoms with van der Waals surface area (Å²) in [5, 5.41) is 12.5. The molecule has 0 aliphatic rings. The zero-order chi connectivity index (χ0) is 15.4. The molecule has 1 amide bonds. The standard InChI is InChI=1S/C17H20N2O2/c1-11-7-9-13(10-8-11)16(18)17(21)19-15-6-4-3-5-14(15)12(2)20/h3-10,12,16,20H,18H2,1-2H3,(H,19,21). The van der Waals surface area contributed by atoms with Crippen LogP contribution in [0.5, 0.6) is 0 Å². The Morgan fingerprint density at radius 3 is 2.38 bits per heavy atom. The molecule has 2 aromatic rings. The number of benzene rings is 2. The summed E-state index contributed by atoms with van der Waals surface area (Å²) in [5.74, 6) is -0.299. The van der Waals surface area contributed by atoms with Crippen molar-refractivity contribution >= 4 is 11.6 Å². The third-order valence-electron chi connectivity index (χ3n) is 3.39. The van der Waals surface area contributed by atoms with Crippen molar-refractivity contribution < 1.29 is 9.90 Å². The summed E-state index contributed by atoms with van der Waals surface area (Å²) in [5.41, 5.74) is 9.11. The van der Waals surface area contributed by atoms with Gasteiger partial charge < -0.3 is 16.2 Å². The van der Waals surface area contributed by atoms with E-state index in [1.807, 2.05) is 37.3 Å². The van der Waals surface area contributed by atoms with Crippen molar-refractivity contribution in [2.75, 3.05) is 5.32 Å². The highest BCUT2D eigenvalue weighted by molar-refractivity contribution is 5.96. The van der Waals surface area contributed by atoms with Crippen LogP contribution in [0.15, 0.2) is 48.5 Å². The number of aryl methyl sites for hydroxylation is 1. The molecule has 0 saturated heterocycles. The number of aliphatic hydroxyl groups excluding tert-OH is 1. The van der Waals surface area contributed by atoms with Gasteiger partial charge in [-0.3, -0.25) is 4.79 Å². The average molecular weight is 284 g/mol. The van der Waals surface area contributed by atoms with Crippen LogP contribution < -0.4 is 11.1 Å². The summed E-state index contributed by atoms with van der Waals surface area (Å²) in [6, 6.07) is 13.9. The third-order valence-corrected chi connectivity index (χ3v) is 3.39. The number of hydrogen-bond donors (Lipinski definition) is 3. The van der Waals surface area contributed by atoms with Gasteiger partial charge in [0.2, 0.25) is 5.91 Å². The number of nitrogens with two attached hydrogens (primary N) is 1. The van der Waals surface area contributed by atoms with E-state index in [2.05, 4.69) is 5.32 Å². The van der Waals surface area contributed by atoms with Gasteiger partial charge in [0, 0.05) is 11.3 Å². The van der Waals surface area contributed by atoms with Crippen molar-refractivity contribution in [3.8, 4) is 0 Å². The molecule has 2 rings (SSSR count). The van der Waals surface area contributed by atoms with Gasteiger partial charge in [0.05, 0.1) is 6.10 Å². The number of carbonyl (C=O) groups is 1. The van der Waals surface area contributed by atoms with Crippen molar-refractivity contribution in [1.29, 1.82) is 0 Å². The number of aliphatic hydroxyl groups is 1. The van der Waals surface area contributed by atoms with E-state index in [9.17, 15) is 9.90 Å². The molecule has 110 valence electrons. The van der Waals surface area contributed by atoms with E-state index in [1.165, 1.54) is 0 Å². The van der Waals surface area contributed by atoms with Gasteiger partial charge in [0.1, 0.15) is 6.04 Å². The molecule has 0 saturated carbocycles. The lowest BCUT2D eigenvalue weighted by molar-refractivity contribution is -0.117. The lowest BCUT2D eigenvalue weighted by Gasteiger charge is -2.16. The van der Waals surface area contributed by atoms with Crippen molar-refractivity contribution in [2.45, 2.75) is 26.0 Å². The molecule has 0 heterocycles. The summed E-state index contributed by atoms with van der Waals surface area (Å²) in [7, 11) is 0. The van der Waals surface area contributed by atoms with Crippen LogP contribution in [-0.4, -0.2) is 11.0 Å². The molecular formula is C17H20N2O2. The summed E-state index contributed by atoms with van der Waals surface area (Å²) in [4.78, 5) is 12.3. The normalized spacial score (nSPS) is 13.5. The van der Waals surface area contributed by atoms with E-state index in [4.69, 9.17) is 5.73 Å². The molecule has 2 unspecified atom stereocenters. The van der Waals surface area contributed by atoms with E-state index in [0.29, 0.717) is 11.3 Å². The lowest BCUT2D eigenvalue weighted by Crippen LogP contribution is -2.28. The average Bonchev–Trinajstić information content (AvgIpc) is 2.47. The topological polar surface area (TPSA) is 75.4 Å². The van der Waals surface area contributed by atoms with Crippen molar-refractivity contribution in [3.05, 3.63) is 65.2 Å². The molecule has 0 aromatic heterocycles. The van der Waals surface area contributed by atoms with Crippen molar-refractivity contribution in [3.63, 3.8) is 0 Å². The van der Waals surface area contributed by atoms with E-state index in [-0.39, 0.29) is 5.91 Å². The van der Waals surface area contributed by atoms with Crippen LogP contribution >= 0.6 is 0 Å². The van der Waals surface area contributed by atoms with Gasteiger partial charge in [-0.15, -0.1) is 0 Å². The maximum absolute atomic E-state index is 12.3. The largest absolute Gasteiger partial charge is 0.389 e. The quantitative estimate of drug-likeness (QED) is 0.808. The Kier molecular flexibility index (Phi) is 4.73. The predicted molar refractivity (Wildman–Crippen MR) is 83.8 cm³/mol. The first-order valence-electron chi connectivity index (χ1n) is 6.89. The van der Waals surface area contributed by atoms with Crippen LogP contribution in [-0.2, 0) is 4.79 Å². The minimum Gasteiger partial charge on any atom is -0.389 e. The maximum atomic E-state index is 12.3. The molecule has 0 aliphatic carbocycles. The van der Waals surface area contributed by atoms with Gasteiger partial charge in [0.25, 0.3) is 0 Å². The number of carbonyl (C=O) groups excluding carboxylic acids is 1. The van der Waals surface area contributed by atoms with Gasteiger partial charge in [-0.25, -0.2) is 0 Å². The molecule has 4 N–H and O–H groups in total. The Morgan fingerprint density at radius 2 is 1.76 bits per heavy atom. The molecule has 0 bridgehead atoms. The highest BCUT2D eigenvalue weighted by atomic mass is 16.3. The van der Waals surface area contributed by atoms with Gasteiger partial charge in [0.15, 0.2) is 0 Å². The fourth-order valence-electron chi connectivity index (χ4n) is 2.11. The Morgan fingerprint density at radius 1 is 1.14 bits per heavy atom. The summed E-state index contributed by atoms with van der Waals surface area (Å²) in [6.07, 6.45) is -0.655. The zero-order valence-corrected chi connectivity index (χ0v) is 12.2. The number of amides is 1. The SMILES string of the molecule is Cc1ccc(C(N)C(=O)Nc2ccccc2C(C)O)cc1. The number of para-hydroxylation sites is 1. The van der Waals surface area contributed by atoms with E-state index >= 15 is 0 Å². The second kappa shape index (κ2) is 6.52. The lowest BCUT2D eigenvalue weighted by atomic mass is 10.0. The summed E-state index contributed by atoms with van der Waals surface area (Å²) < 4.78 is 0. The van der Waals surface area contributed by atoms with Crippen molar-refractivity contribution in [2.24, 2.45) is 5.73 Å². The molecular weight excluding hydrogens is 264 g/mol. The number of rotatable bonds is 4. The molecule has 0 radical (unpaired) electrons. The third kappa shape index (κ3) is 3.68. The second-order valence-corrected chi connectivity index (χ2v) is 5.14. The number of anilines is 1. The number of nitrogens with one attached hydrogen (secondary N) is 1. The van der Waals surface area contributed by atoms with E-state index in [0.717, 1.165) is 11.1 Å². The zero-order valence-electron chi connectivity index (χ0n) is 12.2. The first kappa shape index (κ1) is 15.2. The first-order chi connectivity index (χ1) is 9.99. The minimum atomic E-state index is -0.743. The smallest absolute Gasteiger partial charge is 0.245 e. The highest BCUT2D eigenvalue weighted by Crippen LogP contribution is 2.23. The van der Waals surface area contributed by atoms with Gasteiger partial charge in [-0.2, -0.15) is 0 Å². The fourth-order valence-corrected chi connectivity index (χ4v) is 2.11. The van der Waals surface area contributed by atoms with Crippen LogP contribution in [0.3, 0.4) is 0 Å². The van der Waals surface area contributed by atoms with Crippen LogP contribution in [0, 0.1) is 6.92 Å². The summed E-state index contributed by atoms with van der Waals surface area (Å²) in [6.45, 7) is 3.64. The molecule has 2 aromatic carbocycles. The van der Waals surface area contributed by atoms with Crippen LogP contribution in [0.1, 0.15) is 35.8 Å². The highest BCUT2D eigenvalue weighted by Gasteiger charge is 2.17. The Labute approximate surface area is 124 Å². The molecule has 4 nitrogen and oxygen atoms in total. The Hall–Kier alpha value is -2.17. The fraction of sp³-hybridized carbons (Fsp3) is 0.235. The van der Waals surface area contributed by atoms with Gasteiger partial charge in [-0.1, -0.05) is 48.0 Å². The summed E-state index contributed by atoms with van der Waals surface area (Å²) >= 11 is 0. The molecule has 2 atom stereocenters. The molecule has 0 spiro atoms. The van der Waals surface area contributed by atoms with Gasteiger partial charge >= 0.3 is 0 Å². The molecule has 0 aliphatic heterocycles. The monoisotopic (exact) mass is 284 g/mol. The van der Waals surface area contributed by atoms with Crippen LogP contribution in [0.25, 0.3) is 0 Å². The second-order valence-electron chi connectivity index (χ2n) is 5.14.